The van der Waals surface area contributed by atoms with Crippen molar-refractivity contribution in [2.75, 3.05) is 7.11 Å². The molecule has 0 radical (unpaired) electrons. The summed E-state index contributed by atoms with van der Waals surface area (Å²) >= 11 is 1.30. The minimum atomic E-state index is -5.16. The molecule has 0 spiro atoms. The summed E-state index contributed by atoms with van der Waals surface area (Å²) in [4.78, 5) is 14.3. The molecule has 0 saturated heterocycles. The van der Waals surface area contributed by atoms with Crippen LogP contribution >= 0.6 is 22.6 Å². The maximum Gasteiger partial charge on any atom is 0.574 e. The Hall–Kier alpha value is -1.20. The molecule has 0 aliphatic rings. The lowest BCUT2D eigenvalue weighted by Crippen LogP contribution is -2.20. The molecular weight excluding hydrogens is 392 g/mol. The van der Waals surface area contributed by atoms with Crippen LogP contribution in [0.15, 0.2) is 6.20 Å². The Kier molecular flexibility index (Phi) is 4.87. The molecule has 0 bridgehead atoms. The number of alkyl halides is 5. The Morgan fingerprint density at radius 2 is 2.00 bits per heavy atom. The number of ether oxygens (including phenoxy) is 2. The number of nitrogens with zero attached hydrogens (tertiary/aromatic N) is 1. The number of hydrogen-bond donors (Lipinski definition) is 0. The zero-order valence-electron chi connectivity index (χ0n) is 9.09. The molecule has 0 fully saturated rings. The number of carbonyl (C=O) groups is 1. The Bertz CT molecular complexity index is 491. The van der Waals surface area contributed by atoms with Crippen LogP contribution in [0.25, 0.3) is 0 Å². The number of methoxy groups -OCH3 is 1. The maximum absolute atomic E-state index is 12.8. The van der Waals surface area contributed by atoms with Gasteiger partial charge in [-0.15, -0.1) is 13.2 Å². The average molecular weight is 397 g/mol. The number of pyridine rings is 1. The summed E-state index contributed by atoms with van der Waals surface area (Å²) in [6, 6.07) is 0. The van der Waals surface area contributed by atoms with Crippen LogP contribution in [0.2, 0.25) is 0 Å². The summed E-state index contributed by atoms with van der Waals surface area (Å²) in [6.45, 7) is 0. The average Bonchev–Trinajstić information content (AvgIpc) is 2.25. The third-order valence-electron chi connectivity index (χ3n) is 1.85. The van der Waals surface area contributed by atoms with Gasteiger partial charge in [0.1, 0.15) is 0 Å². The van der Waals surface area contributed by atoms with Crippen LogP contribution in [0.5, 0.6) is 5.88 Å². The molecule has 1 rings (SSSR count). The van der Waals surface area contributed by atoms with Gasteiger partial charge < -0.3 is 9.47 Å². The maximum atomic E-state index is 12.8. The second-order valence-electron chi connectivity index (χ2n) is 3.04. The van der Waals surface area contributed by atoms with Gasteiger partial charge in [0.15, 0.2) is 0 Å². The van der Waals surface area contributed by atoms with Crippen LogP contribution in [-0.4, -0.2) is 24.4 Å². The molecule has 0 aliphatic carbocycles. The monoisotopic (exact) mass is 397 g/mol. The molecule has 0 aliphatic heterocycles. The van der Waals surface area contributed by atoms with Crippen LogP contribution < -0.4 is 4.74 Å². The van der Waals surface area contributed by atoms with Crippen LogP contribution in [0.3, 0.4) is 0 Å². The normalized spacial score (nSPS) is 11.6. The van der Waals surface area contributed by atoms with Crippen molar-refractivity contribution in [1.29, 1.82) is 0 Å². The van der Waals surface area contributed by atoms with Crippen molar-refractivity contribution in [3.8, 4) is 5.88 Å². The molecule has 0 amide bonds. The summed E-state index contributed by atoms with van der Waals surface area (Å²) in [5.41, 5.74) is -1.48. The summed E-state index contributed by atoms with van der Waals surface area (Å²) in [6.07, 6.45) is -7.77. The molecule has 10 heteroatoms. The highest BCUT2D eigenvalue weighted by atomic mass is 127. The minimum absolute atomic E-state index is 0.368. The van der Waals surface area contributed by atoms with Crippen molar-refractivity contribution in [1.82, 2.24) is 4.98 Å². The van der Waals surface area contributed by atoms with E-state index in [0.717, 1.165) is 7.11 Å². The zero-order valence-corrected chi connectivity index (χ0v) is 11.3. The van der Waals surface area contributed by atoms with E-state index in [-0.39, 0.29) is 5.56 Å². The molecule has 1 aromatic rings. The zero-order chi connectivity index (χ0) is 14.8. The number of rotatable bonds is 3. The number of esters is 1. The topological polar surface area (TPSA) is 48.4 Å². The van der Waals surface area contributed by atoms with Gasteiger partial charge in [-0.2, -0.15) is 0 Å². The first-order chi connectivity index (χ1) is 8.67. The van der Waals surface area contributed by atoms with Crippen LogP contribution in [0.4, 0.5) is 22.0 Å². The fourth-order valence-electron chi connectivity index (χ4n) is 1.12. The third-order valence-corrected chi connectivity index (χ3v) is 3.01. The number of carbonyl (C=O) groups excluding carboxylic acids is 1. The van der Waals surface area contributed by atoms with E-state index in [0.29, 0.717) is 6.20 Å². The highest BCUT2D eigenvalue weighted by Crippen LogP contribution is 2.36. The lowest BCUT2D eigenvalue weighted by atomic mass is 10.2. The highest BCUT2D eigenvalue weighted by Gasteiger charge is 2.35. The first kappa shape index (κ1) is 15.9. The van der Waals surface area contributed by atoms with Crippen molar-refractivity contribution >= 4 is 28.6 Å². The van der Waals surface area contributed by atoms with Gasteiger partial charge in [-0.25, -0.2) is 18.6 Å². The first-order valence-corrected chi connectivity index (χ1v) is 5.56. The standard InChI is InChI=1S/C9H5F5INO3/c1-18-8(17)3-2-16-7(19-9(12,13)14)4(5(3)15)6(10)11/h2,6H,1H3. The number of aromatic nitrogens is 1. The smallest absolute Gasteiger partial charge is 0.465 e. The van der Waals surface area contributed by atoms with Gasteiger partial charge in [0.2, 0.25) is 5.88 Å². The minimum Gasteiger partial charge on any atom is -0.465 e. The molecular formula is C9H5F5INO3. The van der Waals surface area contributed by atoms with Gasteiger partial charge in [0, 0.05) is 9.77 Å². The molecule has 0 atom stereocenters. The Balaban J connectivity index is 3.36. The molecule has 0 saturated carbocycles. The van der Waals surface area contributed by atoms with Gasteiger partial charge in [-0.1, -0.05) is 0 Å². The molecule has 4 nitrogen and oxygen atoms in total. The predicted octanol–water partition coefficient (Wildman–Crippen LogP) is 3.31. The van der Waals surface area contributed by atoms with Gasteiger partial charge in [-0.3, -0.25) is 0 Å². The van der Waals surface area contributed by atoms with Crippen molar-refractivity contribution in [3.05, 3.63) is 20.9 Å². The third kappa shape index (κ3) is 3.88. The SMILES string of the molecule is COC(=O)c1cnc(OC(F)(F)F)c(C(F)F)c1I. The lowest BCUT2D eigenvalue weighted by Gasteiger charge is -2.14. The van der Waals surface area contributed by atoms with Crippen LogP contribution in [-0.2, 0) is 4.74 Å². The van der Waals surface area contributed by atoms with Gasteiger partial charge >= 0.3 is 12.3 Å². The number of hydrogen-bond acceptors (Lipinski definition) is 4. The van der Waals surface area contributed by atoms with Gasteiger partial charge in [-0.05, 0) is 22.6 Å². The molecule has 106 valence electrons. The summed E-state index contributed by atoms with van der Waals surface area (Å²) in [5.74, 6) is -2.28. The summed E-state index contributed by atoms with van der Waals surface area (Å²) in [5, 5.41) is 0. The molecule has 0 aromatic carbocycles. The fourth-order valence-corrected chi connectivity index (χ4v) is 1.95. The van der Waals surface area contributed by atoms with Crippen molar-refractivity contribution in [3.63, 3.8) is 0 Å². The van der Waals surface area contributed by atoms with Crippen molar-refractivity contribution in [2.24, 2.45) is 0 Å². The van der Waals surface area contributed by atoms with E-state index in [9.17, 15) is 26.7 Å². The quantitative estimate of drug-likeness (QED) is 0.446. The second-order valence-corrected chi connectivity index (χ2v) is 4.12. The predicted molar refractivity (Wildman–Crippen MR) is 59.9 cm³/mol. The van der Waals surface area contributed by atoms with E-state index < -0.39 is 33.8 Å². The molecule has 0 unspecified atom stereocenters. The summed E-state index contributed by atoms with van der Waals surface area (Å²) < 4.78 is 68.9. The van der Waals surface area contributed by atoms with Gasteiger partial charge in [0.05, 0.1) is 18.2 Å². The van der Waals surface area contributed by atoms with Crippen LogP contribution in [0, 0.1) is 3.57 Å². The van der Waals surface area contributed by atoms with E-state index in [2.05, 4.69) is 14.5 Å². The van der Waals surface area contributed by atoms with E-state index in [1.165, 1.54) is 22.6 Å². The Labute approximate surface area is 117 Å². The van der Waals surface area contributed by atoms with Gasteiger partial charge in [0.25, 0.3) is 6.43 Å². The number of halogens is 6. The van der Waals surface area contributed by atoms with Crippen molar-refractivity contribution in [2.45, 2.75) is 12.8 Å². The largest absolute Gasteiger partial charge is 0.574 e. The first-order valence-electron chi connectivity index (χ1n) is 4.48. The lowest BCUT2D eigenvalue weighted by molar-refractivity contribution is -0.276. The molecule has 0 N–H and O–H groups in total. The van der Waals surface area contributed by atoms with E-state index in [4.69, 9.17) is 0 Å². The second kappa shape index (κ2) is 5.84. The summed E-state index contributed by atoms with van der Waals surface area (Å²) in [7, 11) is 1.00. The highest BCUT2D eigenvalue weighted by molar-refractivity contribution is 14.1. The fraction of sp³-hybridized carbons (Fsp3) is 0.333. The molecule has 1 aromatic heterocycles. The molecule has 1 heterocycles. The van der Waals surface area contributed by atoms with E-state index in [1.54, 1.807) is 0 Å². The van der Waals surface area contributed by atoms with E-state index >= 15 is 0 Å². The van der Waals surface area contributed by atoms with Crippen LogP contribution in [0.1, 0.15) is 22.3 Å². The van der Waals surface area contributed by atoms with E-state index in [1.807, 2.05) is 0 Å². The Morgan fingerprint density at radius 1 is 1.42 bits per heavy atom. The molecule has 19 heavy (non-hydrogen) atoms. The Morgan fingerprint density at radius 3 is 2.42 bits per heavy atom. The van der Waals surface area contributed by atoms with Crippen molar-refractivity contribution < 1.29 is 36.2 Å².